The zero-order valence-electron chi connectivity index (χ0n) is 12.2. The van der Waals surface area contributed by atoms with Gasteiger partial charge in [-0.25, -0.2) is 0 Å². The highest BCUT2D eigenvalue weighted by Crippen LogP contribution is 2.13. The largest absolute Gasteiger partial charge is 0.344 e. The van der Waals surface area contributed by atoms with E-state index < -0.39 is 0 Å². The Balaban J connectivity index is 1.91. The van der Waals surface area contributed by atoms with Crippen LogP contribution in [0.1, 0.15) is 33.1 Å². The maximum Gasteiger partial charge on any atom is 0.245 e. The third kappa shape index (κ3) is 3.29. The van der Waals surface area contributed by atoms with Gasteiger partial charge in [0.2, 0.25) is 17.7 Å². The molecule has 2 heterocycles. The van der Waals surface area contributed by atoms with Gasteiger partial charge in [0.25, 0.3) is 0 Å². The van der Waals surface area contributed by atoms with Crippen LogP contribution in [-0.4, -0.2) is 59.7 Å². The lowest BCUT2D eigenvalue weighted by molar-refractivity contribution is -0.136. The van der Waals surface area contributed by atoms with E-state index in [9.17, 15) is 14.4 Å². The van der Waals surface area contributed by atoms with Crippen molar-refractivity contribution in [1.82, 2.24) is 15.1 Å². The highest BCUT2D eigenvalue weighted by molar-refractivity contribution is 5.90. The molecule has 20 heavy (non-hydrogen) atoms. The molecule has 0 radical (unpaired) electrons. The number of nitrogens with one attached hydrogen (secondary N) is 1. The summed E-state index contributed by atoms with van der Waals surface area (Å²) < 4.78 is 0. The summed E-state index contributed by atoms with van der Waals surface area (Å²) in [6.45, 7) is 6.30. The molecular formula is C14H23N3O3. The minimum atomic E-state index is -0.366. The first kappa shape index (κ1) is 14.8. The second-order valence-corrected chi connectivity index (χ2v) is 5.82. The number of hydrogen-bond donors (Lipinski definition) is 1. The number of carbonyl (C=O) groups excluding carboxylic acids is 3. The molecule has 1 unspecified atom stereocenters. The topological polar surface area (TPSA) is 69.7 Å². The Hall–Kier alpha value is -1.59. The number of rotatable bonds is 2. The normalized spacial score (nSPS) is 23.8. The van der Waals surface area contributed by atoms with E-state index in [2.05, 4.69) is 5.32 Å². The molecule has 2 rings (SSSR count). The van der Waals surface area contributed by atoms with Crippen LogP contribution in [0, 0.1) is 5.92 Å². The van der Waals surface area contributed by atoms with Crippen molar-refractivity contribution < 1.29 is 14.4 Å². The lowest BCUT2D eigenvalue weighted by Gasteiger charge is -2.25. The van der Waals surface area contributed by atoms with E-state index in [0.29, 0.717) is 39.0 Å². The van der Waals surface area contributed by atoms with Gasteiger partial charge in [0.1, 0.15) is 6.04 Å². The fourth-order valence-corrected chi connectivity index (χ4v) is 2.74. The zero-order valence-corrected chi connectivity index (χ0v) is 12.2. The van der Waals surface area contributed by atoms with Gasteiger partial charge < -0.3 is 15.1 Å². The molecule has 0 aromatic heterocycles. The Bertz CT molecular complexity index is 408. The number of nitrogens with zero attached hydrogens (tertiary/aromatic N) is 2. The minimum Gasteiger partial charge on any atom is -0.344 e. The second kappa shape index (κ2) is 6.24. The molecule has 0 aromatic carbocycles. The predicted molar refractivity (Wildman–Crippen MR) is 73.8 cm³/mol. The van der Waals surface area contributed by atoms with E-state index >= 15 is 0 Å². The standard InChI is InChI=1S/C14H23N3O3/c1-10(2)13(19)16-6-3-7-17(9-8-16)14(20)11-4-5-12(18)15-11/h10-11H,3-9H2,1-2H3,(H,15,18). The molecule has 6 nitrogen and oxygen atoms in total. The average molecular weight is 281 g/mol. The third-order valence-electron chi connectivity index (χ3n) is 3.91. The quantitative estimate of drug-likeness (QED) is 0.773. The van der Waals surface area contributed by atoms with Gasteiger partial charge in [-0.05, 0) is 12.8 Å². The van der Waals surface area contributed by atoms with E-state index in [-0.39, 0.29) is 29.7 Å². The van der Waals surface area contributed by atoms with Gasteiger partial charge in [-0.2, -0.15) is 0 Å². The van der Waals surface area contributed by atoms with Crippen molar-refractivity contribution in [2.24, 2.45) is 5.92 Å². The lowest BCUT2D eigenvalue weighted by atomic mass is 10.2. The van der Waals surface area contributed by atoms with Crippen molar-refractivity contribution in [3.63, 3.8) is 0 Å². The van der Waals surface area contributed by atoms with Gasteiger partial charge >= 0.3 is 0 Å². The summed E-state index contributed by atoms with van der Waals surface area (Å²) in [4.78, 5) is 39.1. The molecule has 3 amide bonds. The van der Waals surface area contributed by atoms with E-state index in [1.165, 1.54) is 0 Å². The SMILES string of the molecule is CC(C)C(=O)N1CCCN(C(=O)C2CCC(=O)N2)CC1. The molecule has 0 bridgehead atoms. The molecule has 0 saturated carbocycles. The Morgan fingerprint density at radius 1 is 1.15 bits per heavy atom. The molecule has 1 atom stereocenters. The third-order valence-corrected chi connectivity index (χ3v) is 3.91. The van der Waals surface area contributed by atoms with Crippen LogP contribution in [0.4, 0.5) is 0 Å². The highest BCUT2D eigenvalue weighted by Gasteiger charge is 2.32. The summed E-state index contributed by atoms with van der Waals surface area (Å²) in [5, 5.41) is 2.71. The molecule has 1 N–H and O–H groups in total. The van der Waals surface area contributed by atoms with Crippen molar-refractivity contribution in [2.75, 3.05) is 26.2 Å². The van der Waals surface area contributed by atoms with Crippen molar-refractivity contribution in [3.8, 4) is 0 Å². The van der Waals surface area contributed by atoms with Crippen molar-refractivity contribution >= 4 is 17.7 Å². The monoisotopic (exact) mass is 281 g/mol. The summed E-state index contributed by atoms with van der Waals surface area (Å²) in [6, 6.07) is -0.366. The van der Waals surface area contributed by atoms with E-state index in [1.54, 1.807) is 4.90 Å². The van der Waals surface area contributed by atoms with Gasteiger partial charge in [0.05, 0.1) is 0 Å². The van der Waals surface area contributed by atoms with E-state index in [0.717, 1.165) is 6.42 Å². The van der Waals surface area contributed by atoms with E-state index in [1.807, 2.05) is 18.7 Å². The van der Waals surface area contributed by atoms with Crippen LogP contribution in [0.3, 0.4) is 0 Å². The summed E-state index contributed by atoms with van der Waals surface area (Å²) in [7, 11) is 0. The summed E-state index contributed by atoms with van der Waals surface area (Å²) in [6.07, 6.45) is 1.82. The molecule has 2 fully saturated rings. The molecule has 0 spiro atoms. The van der Waals surface area contributed by atoms with Crippen LogP contribution in [0.15, 0.2) is 0 Å². The Labute approximate surface area is 119 Å². The molecule has 0 aromatic rings. The van der Waals surface area contributed by atoms with Crippen LogP contribution in [0.5, 0.6) is 0 Å². The van der Waals surface area contributed by atoms with Crippen molar-refractivity contribution in [3.05, 3.63) is 0 Å². The lowest BCUT2D eigenvalue weighted by Crippen LogP contribution is -2.46. The van der Waals surface area contributed by atoms with Gasteiger partial charge in [-0.1, -0.05) is 13.8 Å². The molecule has 112 valence electrons. The van der Waals surface area contributed by atoms with Crippen molar-refractivity contribution in [2.45, 2.75) is 39.2 Å². The summed E-state index contributed by atoms with van der Waals surface area (Å²) in [5.74, 6) is 0.0873. The fourth-order valence-electron chi connectivity index (χ4n) is 2.74. The van der Waals surface area contributed by atoms with Crippen LogP contribution in [-0.2, 0) is 14.4 Å². The Kier molecular flexibility index (Phi) is 4.62. The van der Waals surface area contributed by atoms with Gasteiger partial charge in [-0.15, -0.1) is 0 Å². The molecule has 6 heteroatoms. The molecule has 2 saturated heterocycles. The van der Waals surface area contributed by atoms with Gasteiger partial charge in [0.15, 0.2) is 0 Å². The minimum absolute atomic E-state index is 0.00491. The van der Waals surface area contributed by atoms with E-state index in [4.69, 9.17) is 0 Å². The smallest absolute Gasteiger partial charge is 0.245 e. The maximum atomic E-state index is 12.3. The first-order valence-corrected chi connectivity index (χ1v) is 7.36. The fraction of sp³-hybridized carbons (Fsp3) is 0.786. The van der Waals surface area contributed by atoms with Crippen molar-refractivity contribution in [1.29, 1.82) is 0 Å². The first-order chi connectivity index (χ1) is 9.49. The number of carbonyl (C=O) groups is 3. The predicted octanol–water partition coefficient (Wildman–Crippen LogP) is -0.0181. The molecule has 0 aliphatic carbocycles. The average Bonchev–Trinajstić information content (AvgIpc) is 2.71. The van der Waals surface area contributed by atoms with Gasteiger partial charge in [-0.3, -0.25) is 14.4 Å². The molecule has 2 aliphatic rings. The molecular weight excluding hydrogens is 258 g/mol. The highest BCUT2D eigenvalue weighted by atomic mass is 16.2. The summed E-state index contributed by atoms with van der Waals surface area (Å²) in [5.41, 5.74) is 0. The maximum absolute atomic E-state index is 12.3. The second-order valence-electron chi connectivity index (χ2n) is 5.82. The summed E-state index contributed by atoms with van der Waals surface area (Å²) >= 11 is 0. The van der Waals surface area contributed by atoms with Crippen LogP contribution in [0.25, 0.3) is 0 Å². The number of hydrogen-bond acceptors (Lipinski definition) is 3. The number of amides is 3. The van der Waals surface area contributed by atoms with Crippen LogP contribution in [0.2, 0.25) is 0 Å². The first-order valence-electron chi connectivity index (χ1n) is 7.36. The van der Waals surface area contributed by atoms with Gasteiger partial charge in [0, 0.05) is 38.5 Å². The van der Waals surface area contributed by atoms with Crippen LogP contribution < -0.4 is 5.32 Å². The Morgan fingerprint density at radius 2 is 1.80 bits per heavy atom. The Morgan fingerprint density at radius 3 is 2.40 bits per heavy atom. The molecule has 2 aliphatic heterocycles. The van der Waals surface area contributed by atoms with Crippen LogP contribution >= 0.6 is 0 Å². The zero-order chi connectivity index (χ0) is 14.7.